The maximum atomic E-state index is 11.3. The molecule has 0 aromatic heterocycles. The molecule has 0 saturated heterocycles. The molecule has 4 nitrogen and oxygen atoms in total. The molecule has 19 heavy (non-hydrogen) atoms. The highest BCUT2D eigenvalue weighted by Gasteiger charge is 2.10. The zero-order chi connectivity index (χ0) is 14.0. The monoisotopic (exact) mass is 276 g/mol. The highest BCUT2D eigenvalue weighted by molar-refractivity contribution is 7.90. The molecular weight excluding hydrogens is 263 g/mol. The quantitative estimate of drug-likeness (QED) is 0.798. The van der Waals surface area contributed by atoms with Gasteiger partial charge < -0.3 is 10.0 Å². The van der Waals surface area contributed by atoms with Crippen molar-refractivity contribution in [3.05, 3.63) is 48.5 Å². The van der Waals surface area contributed by atoms with Crippen LogP contribution in [0.2, 0.25) is 0 Å². The van der Waals surface area contributed by atoms with Crippen LogP contribution in [0.25, 0.3) is 11.1 Å². The van der Waals surface area contributed by atoms with Crippen LogP contribution in [0.5, 0.6) is 0 Å². The molecule has 2 rings (SSSR count). The Kier molecular flexibility index (Phi) is 3.75. The second-order valence-corrected chi connectivity index (χ2v) is 6.31. The van der Waals surface area contributed by atoms with Crippen LogP contribution < -0.4 is 5.46 Å². The Morgan fingerprint density at radius 1 is 0.842 bits per heavy atom. The SMILES string of the molecule is CS(=O)(=O)c1ccc(-c2ccc(B(O)O)cc2)cc1. The predicted octanol–water partition coefficient (Wildman–Crippen LogP) is 0.437. The largest absolute Gasteiger partial charge is 0.488 e. The molecule has 6 heteroatoms. The van der Waals surface area contributed by atoms with Gasteiger partial charge in [-0.05, 0) is 28.7 Å². The molecule has 2 aromatic carbocycles. The summed E-state index contributed by atoms with van der Waals surface area (Å²) in [7, 11) is -4.67. The molecule has 0 fully saturated rings. The van der Waals surface area contributed by atoms with Crippen LogP contribution in [-0.4, -0.2) is 31.8 Å². The molecule has 2 N–H and O–H groups in total. The van der Waals surface area contributed by atoms with E-state index in [4.69, 9.17) is 10.0 Å². The summed E-state index contributed by atoms with van der Waals surface area (Å²) < 4.78 is 22.7. The van der Waals surface area contributed by atoms with E-state index >= 15 is 0 Å². The summed E-state index contributed by atoms with van der Waals surface area (Å²) in [5, 5.41) is 18.0. The van der Waals surface area contributed by atoms with Crippen LogP contribution in [-0.2, 0) is 9.84 Å². The topological polar surface area (TPSA) is 74.6 Å². The second-order valence-electron chi connectivity index (χ2n) is 4.29. The minimum Gasteiger partial charge on any atom is -0.423 e. The first-order valence-electron chi connectivity index (χ1n) is 5.64. The molecule has 98 valence electrons. The summed E-state index contributed by atoms with van der Waals surface area (Å²) in [6.07, 6.45) is 1.17. The van der Waals surface area contributed by atoms with Crippen molar-refractivity contribution < 1.29 is 18.5 Å². The Hall–Kier alpha value is -1.63. The third-order valence-corrected chi connectivity index (χ3v) is 3.95. The molecule has 0 heterocycles. The van der Waals surface area contributed by atoms with Gasteiger partial charge in [0.05, 0.1) is 4.90 Å². The third-order valence-electron chi connectivity index (χ3n) is 2.82. The lowest BCUT2D eigenvalue weighted by atomic mass is 9.80. The van der Waals surface area contributed by atoms with Gasteiger partial charge in [-0.1, -0.05) is 36.4 Å². The minimum absolute atomic E-state index is 0.277. The Bertz CT molecular complexity index is 661. The Morgan fingerprint density at radius 2 is 1.26 bits per heavy atom. The van der Waals surface area contributed by atoms with Crippen LogP contribution in [0.4, 0.5) is 0 Å². The fourth-order valence-electron chi connectivity index (χ4n) is 1.74. The van der Waals surface area contributed by atoms with Gasteiger partial charge in [0.25, 0.3) is 0 Å². The number of benzene rings is 2. The van der Waals surface area contributed by atoms with Gasteiger partial charge in [-0.25, -0.2) is 8.42 Å². The minimum atomic E-state index is -3.19. The second kappa shape index (κ2) is 5.17. The van der Waals surface area contributed by atoms with Crippen LogP contribution in [0.15, 0.2) is 53.4 Å². The highest BCUT2D eigenvalue weighted by Crippen LogP contribution is 2.20. The van der Waals surface area contributed by atoms with Gasteiger partial charge in [0, 0.05) is 6.26 Å². The summed E-state index contributed by atoms with van der Waals surface area (Å²) >= 11 is 0. The molecule has 0 unspecified atom stereocenters. The lowest BCUT2D eigenvalue weighted by Crippen LogP contribution is -2.29. The van der Waals surface area contributed by atoms with Gasteiger partial charge in [-0.3, -0.25) is 0 Å². The fourth-order valence-corrected chi connectivity index (χ4v) is 2.37. The van der Waals surface area contributed by atoms with Crippen molar-refractivity contribution in [3.63, 3.8) is 0 Å². The molecule has 0 atom stereocenters. The third kappa shape index (κ3) is 3.23. The molecule has 2 aromatic rings. The van der Waals surface area contributed by atoms with Crippen LogP contribution in [0.3, 0.4) is 0 Å². The van der Waals surface area contributed by atoms with E-state index in [1.807, 2.05) is 0 Å². The van der Waals surface area contributed by atoms with E-state index in [2.05, 4.69) is 0 Å². The zero-order valence-electron chi connectivity index (χ0n) is 10.3. The average Bonchev–Trinajstić information content (AvgIpc) is 2.38. The smallest absolute Gasteiger partial charge is 0.423 e. The average molecular weight is 276 g/mol. The lowest BCUT2D eigenvalue weighted by Gasteiger charge is -2.05. The maximum absolute atomic E-state index is 11.3. The molecule has 0 saturated carbocycles. The summed E-state index contributed by atoms with van der Waals surface area (Å²) in [5.74, 6) is 0. The van der Waals surface area contributed by atoms with Crippen molar-refractivity contribution in [1.82, 2.24) is 0 Å². The molecule has 0 aliphatic rings. The van der Waals surface area contributed by atoms with Crippen molar-refractivity contribution in [2.24, 2.45) is 0 Å². The van der Waals surface area contributed by atoms with Gasteiger partial charge in [0.15, 0.2) is 9.84 Å². The van der Waals surface area contributed by atoms with E-state index in [0.29, 0.717) is 5.46 Å². The summed E-state index contributed by atoms with van der Waals surface area (Å²) in [4.78, 5) is 0.277. The standard InChI is InChI=1S/C13H13BO4S/c1-19(17,18)13-8-4-11(5-9-13)10-2-6-12(7-3-10)14(15)16/h2-9,15-16H,1H3. The molecule has 0 radical (unpaired) electrons. The van der Waals surface area contributed by atoms with E-state index < -0.39 is 17.0 Å². The zero-order valence-corrected chi connectivity index (χ0v) is 11.1. The Labute approximate surface area is 112 Å². The molecule has 0 amide bonds. The van der Waals surface area contributed by atoms with Crippen LogP contribution in [0.1, 0.15) is 0 Å². The summed E-state index contributed by atoms with van der Waals surface area (Å²) in [6.45, 7) is 0. The van der Waals surface area contributed by atoms with Crippen LogP contribution >= 0.6 is 0 Å². The number of sulfone groups is 1. The highest BCUT2D eigenvalue weighted by atomic mass is 32.2. The van der Waals surface area contributed by atoms with Gasteiger partial charge in [-0.2, -0.15) is 0 Å². The van der Waals surface area contributed by atoms with E-state index in [1.165, 1.54) is 6.26 Å². The molecule has 0 spiro atoms. The van der Waals surface area contributed by atoms with Crippen molar-refractivity contribution in [3.8, 4) is 11.1 Å². The normalized spacial score (nSPS) is 11.3. The van der Waals surface area contributed by atoms with Gasteiger partial charge in [0.2, 0.25) is 0 Å². The molecule has 0 bridgehead atoms. The number of rotatable bonds is 3. The maximum Gasteiger partial charge on any atom is 0.488 e. The summed E-state index contributed by atoms with van der Waals surface area (Å²) in [5.41, 5.74) is 2.16. The van der Waals surface area contributed by atoms with E-state index in [0.717, 1.165) is 11.1 Å². The number of hydrogen-bond acceptors (Lipinski definition) is 4. The van der Waals surface area contributed by atoms with Gasteiger partial charge in [-0.15, -0.1) is 0 Å². The Morgan fingerprint density at radius 3 is 1.63 bits per heavy atom. The van der Waals surface area contributed by atoms with Gasteiger partial charge in [0.1, 0.15) is 0 Å². The van der Waals surface area contributed by atoms with Crippen LogP contribution in [0, 0.1) is 0 Å². The number of hydrogen-bond donors (Lipinski definition) is 2. The lowest BCUT2D eigenvalue weighted by molar-refractivity contribution is 0.426. The Balaban J connectivity index is 2.32. The van der Waals surface area contributed by atoms with E-state index in [1.54, 1.807) is 48.5 Å². The molecular formula is C13H13BO4S. The van der Waals surface area contributed by atoms with Crippen molar-refractivity contribution >= 4 is 22.4 Å². The first kappa shape index (κ1) is 13.8. The van der Waals surface area contributed by atoms with Gasteiger partial charge >= 0.3 is 7.12 Å². The van der Waals surface area contributed by atoms with Crippen molar-refractivity contribution in [1.29, 1.82) is 0 Å². The first-order chi connectivity index (χ1) is 8.88. The summed E-state index contributed by atoms with van der Waals surface area (Å²) in [6, 6.07) is 13.3. The fraction of sp³-hybridized carbons (Fsp3) is 0.0769. The van der Waals surface area contributed by atoms with E-state index in [9.17, 15) is 8.42 Å². The molecule has 0 aliphatic carbocycles. The van der Waals surface area contributed by atoms with Crippen molar-refractivity contribution in [2.45, 2.75) is 4.90 Å². The predicted molar refractivity (Wildman–Crippen MR) is 74.8 cm³/mol. The first-order valence-corrected chi connectivity index (χ1v) is 7.53. The van der Waals surface area contributed by atoms with Crippen molar-refractivity contribution in [2.75, 3.05) is 6.26 Å². The molecule has 0 aliphatic heterocycles. The van der Waals surface area contributed by atoms with E-state index in [-0.39, 0.29) is 4.90 Å².